The molecule has 0 saturated heterocycles. The Morgan fingerprint density at radius 1 is 1.11 bits per heavy atom. The lowest BCUT2D eigenvalue weighted by atomic mass is 9.87. The van der Waals surface area contributed by atoms with E-state index in [0.717, 1.165) is 19.3 Å². The zero-order chi connectivity index (χ0) is 19.5. The Kier molecular flexibility index (Phi) is 8.99. The summed E-state index contributed by atoms with van der Waals surface area (Å²) in [5, 5.41) is 17.9. The molecule has 0 heterocycles. The van der Waals surface area contributed by atoms with Crippen LogP contribution in [-0.4, -0.2) is 28.1 Å². The molecule has 3 atom stereocenters. The number of aryl methyl sites for hydroxylation is 1. The van der Waals surface area contributed by atoms with Crippen molar-refractivity contribution in [2.45, 2.75) is 57.5 Å². The van der Waals surface area contributed by atoms with Crippen LogP contribution in [0.1, 0.15) is 50.5 Å². The van der Waals surface area contributed by atoms with E-state index in [4.69, 9.17) is 5.11 Å². The van der Waals surface area contributed by atoms with Crippen LogP contribution in [0.2, 0.25) is 0 Å². The van der Waals surface area contributed by atoms with Crippen molar-refractivity contribution in [3.05, 3.63) is 60.2 Å². The van der Waals surface area contributed by atoms with Crippen LogP contribution in [0.15, 0.2) is 54.6 Å². The Labute approximate surface area is 161 Å². The Balaban J connectivity index is 1.64. The maximum Gasteiger partial charge on any atom is 0.332 e. The van der Waals surface area contributed by atoms with Crippen LogP contribution in [0.3, 0.4) is 0 Å². The number of aliphatic hydroxyl groups excluding tert-OH is 1. The molecule has 0 spiro atoms. The largest absolute Gasteiger partial charge is 0.479 e. The molecule has 1 aliphatic carbocycles. The molecule has 1 unspecified atom stereocenters. The van der Waals surface area contributed by atoms with Crippen LogP contribution in [0.5, 0.6) is 0 Å². The van der Waals surface area contributed by atoms with Gasteiger partial charge in [0, 0.05) is 5.92 Å². The summed E-state index contributed by atoms with van der Waals surface area (Å²) in [6.45, 7) is 0. The summed E-state index contributed by atoms with van der Waals surface area (Å²) >= 11 is 0. The minimum absolute atomic E-state index is 0.0137. The van der Waals surface area contributed by atoms with E-state index in [1.807, 2.05) is 24.3 Å². The molecule has 0 amide bonds. The maximum absolute atomic E-state index is 12.1. The number of ketones is 1. The number of hydrogen-bond donors (Lipinski definition) is 2. The van der Waals surface area contributed by atoms with Crippen molar-refractivity contribution < 1.29 is 19.8 Å². The number of carbonyl (C=O) groups excluding carboxylic acids is 1. The summed E-state index contributed by atoms with van der Waals surface area (Å²) in [4.78, 5) is 22.6. The van der Waals surface area contributed by atoms with Crippen LogP contribution in [0, 0.1) is 11.8 Å². The SMILES string of the molecule is O=C(O)C(O)CC/C=C/C[C@H]1C(=O)C=C[C@@H]1CCCCCc1ccccc1. The Hall–Kier alpha value is -2.20. The molecule has 0 aliphatic heterocycles. The first-order valence-electron chi connectivity index (χ1n) is 9.89. The third kappa shape index (κ3) is 7.51. The number of rotatable bonds is 12. The number of aliphatic carboxylic acids is 1. The number of allylic oxidation sites excluding steroid dienone is 4. The van der Waals surface area contributed by atoms with Gasteiger partial charge in [0.15, 0.2) is 11.9 Å². The molecule has 2 rings (SSSR count). The van der Waals surface area contributed by atoms with Gasteiger partial charge < -0.3 is 10.2 Å². The topological polar surface area (TPSA) is 74.6 Å². The average molecular weight is 370 g/mol. The van der Waals surface area contributed by atoms with Crippen LogP contribution in [0.4, 0.5) is 0 Å². The fourth-order valence-electron chi connectivity index (χ4n) is 3.54. The van der Waals surface area contributed by atoms with Gasteiger partial charge in [-0.3, -0.25) is 4.79 Å². The van der Waals surface area contributed by atoms with Crippen molar-refractivity contribution in [1.82, 2.24) is 0 Å². The highest BCUT2D eigenvalue weighted by molar-refractivity contribution is 5.94. The summed E-state index contributed by atoms with van der Waals surface area (Å²) < 4.78 is 0. The molecule has 0 saturated carbocycles. The molecule has 1 aromatic carbocycles. The quantitative estimate of drug-likeness (QED) is 0.424. The van der Waals surface area contributed by atoms with Gasteiger partial charge in [-0.25, -0.2) is 4.79 Å². The smallest absolute Gasteiger partial charge is 0.332 e. The summed E-state index contributed by atoms with van der Waals surface area (Å²) in [6.07, 6.45) is 13.3. The third-order valence-corrected chi connectivity index (χ3v) is 5.18. The standard InChI is InChI=1S/C23H30O4/c24-21-17-16-19(13-7-2-6-12-18-10-4-1-5-11-18)20(21)14-8-3-9-15-22(25)23(26)27/h1,3-5,8,10-11,16-17,19-20,22,25H,2,6-7,9,12-15H2,(H,26,27)/b8-3+/t19-,20+,22?/m0/s1. The van der Waals surface area contributed by atoms with E-state index in [2.05, 4.69) is 24.3 Å². The molecule has 4 heteroatoms. The van der Waals surface area contributed by atoms with Crippen LogP contribution < -0.4 is 0 Å². The van der Waals surface area contributed by atoms with Crippen molar-refractivity contribution in [2.75, 3.05) is 0 Å². The number of benzene rings is 1. The van der Waals surface area contributed by atoms with E-state index in [-0.39, 0.29) is 18.1 Å². The van der Waals surface area contributed by atoms with E-state index in [1.165, 1.54) is 18.4 Å². The molecule has 0 bridgehead atoms. The van der Waals surface area contributed by atoms with E-state index >= 15 is 0 Å². The number of aliphatic hydroxyl groups is 1. The molecule has 1 aromatic rings. The molecule has 0 aromatic heterocycles. The number of unbranched alkanes of at least 4 members (excludes halogenated alkanes) is 2. The van der Waals surface area contributed by atoms with Gasteiger partial charge >= 0.3 is 5.97 Å². The lowest BCUT2D eigenvalue weighted by Gasteiger charge is -2.16. The highest BCUT2D eigenvalue weighted by Gasteiger charge is 2.28. The third-order valence-electron chi connectivity index (χ3n) is 5.18. The summed E-state index contributed by atoms with van der Waals surface area (Å²) in [5.41, 5.74) is 1.38. The van der Waals surface area contributed by atoms with E-state index in [0.29, 0.717) is 18.8 Å². The summed E-state index contributed by atoms with van der Waals surface area (Å²) in [7, 11) is 0. The maximum atomic E-state index is 12.1. The Bertz CT molecular complexity index is 648. The highest BCUT2D eigenvalue weighted by atomic mass is 16.4. The normalized spacial score (nSPS) is 20.4. The molecule has 2 N–H and O–H groups in total. The number of hydrogen-bond acceptors (Lipinski definition) is 3. The van der Waals surface area contributed by atoms with Gasteiger partial charge in [-0.05, 0) is 56.1 Å². The first kappa shape index (κ1) is 21.1. The zero-order valence-electron chi connectivity index (χ0n) is 15.8. The van der Waals surface area contributed by atoms with Gasteiger partial charge in [0.05, 0.1) is 0 Å². The first-order valence-corrected chi connectivity index (χ1v) is 9.89. The number of carbonyl (C=O) groups is 2. The molecule has 146 valence electrons. The molecule has 0 fully saturated rings. The molecular formula is C23H30O4. The summed E-state index contributed by atoms with van der Waals surface area (Å²) in [6, 6.07) is 10.5. The van der Waals surface area contributed by atoms with Crippen molar-refractivity contribution in [3.8, 4) is 0 Å². The lowest BCUT2D eigenvalue weighted by Crippen LogP contribution is -2.18. The molecule has 27 heavy (non-hydrogen) atoms. The van der Waals surface area contributed by atoms with Gasteiger partial charge in [0.1, 0.15) is 0 Å². The van der Waals surface area contributed by atoms with Crippen molar-refractivity contribution in [3.63, 3.8) is 0 Å². The van der Waals surface area contributed by atoms with Crippen molar-refractivity contribution >= 4 is 11.8 Å². The Morgan fingerprint density at radius 3 is 2.63 bits per heavy atom. The van der Waals surface area contributed by atoms with Crippen LogP contribution in [-0.2, 0) is 16.0 Å². The molecule has 4 nitrogen and oxygen atoms in total. The molecule has 0 radical (unpaired) electrons. The van der Waals surface area contributed by atoms with Gasteiger partial charge in [-0.15, -0.1) is 0 Å². The van der Waals surface area contributed by atoms with E-state index in [9.17, 15) is 14.7 Å². The number of carboxylic acids is 1. The molecular weight excluding hydrogens is 340 g/mol. The van der Waals surface area contributed by atoms with Crippen LogP contribution >= 0.6 is 0 Å². The van der Waals surface area contributed by atoms with Gasteiger partial charge in [0.2, 0.25) is 0 Å². The van der Waals surface area contributed by atoms with Crippen molar-refractivity contribution in [2.24, 2.45) is 11.8 Å². The fourth-order valence-corrected chi connectivity index (χ4v) is 3.54. The minimum atomic E-state index is -1.31. The predicted octanol–water partition coefficient (Wildman–Crippen LogP) is 4.33. The Morgan fingerprint density at radius 2 is 1.89 bits per heavy atom. The van der Waals surface area contributed by atoms with Crippen LogP contribution in [0.25, 0.3) is 0 Å². The lowest BCUT2D eigenvalue weighted by molar-refractivity contribution is -0.146. The van der Waals surface area contributed by atoms with E-state index < -0.39 is 12.1 Å². The highest BCUT2D eigenvalue weighted by Crippen LogP contribution is 2.30. The molecule has 1 aliphatic rings. The van der Waals surface area contributed by atoms with Gasteiger partial charge in [-0.1, -0.05) is 61.4 Å². The zero-order valence-corrected chi connectivity index (χ0v) is 15.8. The fraction of sp³-hybridized carbons (Fsp3) is 0.478. The summed E-state index contributed by atoms with van der Waals surface area (Å²) in [5.74, 6) is -0.673. The second-order valence-electron chi connectivity index (χ2n) is 7.26. The van der Waals surface area contributed by atoms with Gasteiger partial charge in [-0.2, -0.15) is 0 Å². The van der Waals surface area contributed by atoms with Crippen molar-refractivity contribution in [1.29, 1.82) is 0 Å². The van der Waals surface area contributed by atoms with Gasteiger partial charge in [0.25, 0.3) is 0 Å². The van der Waals surface area contributed by atoms with E-state index in [1.54, 1.807) is 6.08 Å². The number of carboxylic acid groups (broad SMARTS) is 1. The first-order chi connectivity index (χ1) is 13.1. The monoisotopic (exact) mass is 370 g/mol. The second-order valence-corrected chi connectivity index (χ2v) is 7.26. The average Bonchev–Trinajstić information content (AvgIpc) is 3.01. The predicted molar refractivity (Wildman–Crippen MR) is 106 cm³/mol. The minimum Gasteiger partial charge on any atom is -0.479 e. The second kappa shape index (κ2) is 11.5.